The lowest BCUT2D eigenvalue weighted by Crippen LogP contribution is -2.15. The molecule has 1 nitrogen and oxygen atoms in total. The van der Waals surface area contributed by atoms with Gasteiger partial charge in [-0.1, -0.05) is 15.9 Å². The second-order valence-corrected chi connectivity index (χ2v) is 4.99. The predicted molar refractivity (Wildman–Crippen MR) is 71.0 cm³/mol. The van der Waals surface area contributed by atoms with Gasteiger partial charge in [-0.15, -0.1) is 0 Å². The van der Waals surface area contributed by atoms with Gasteiger partial charge in [-0.3, -0.25) is 0 Å². The van der Waals surface area contributed by atoms with E-state index in [1.54, 1.807) is 12.1 Å². The van der Waals surface area contributed by atoms with Crippen molar-refractivity contribution in [2.45, 2.75) is 13.1 Å². The van der Waals surface area contributed by atoms with Gasteiger partial charge in [0.1, 0.15) is 17.5 Å². The van der Waals surface area contributed by atoms with Crippen molar-refractivity contribution in [1.29, 1.82) is 0 Å². The molecule has 0 radical (unpaired) electrons. The molecule has 0 heterocycles. The van der Waals surface area contributed by atoms with Gasteiger partial charge < -0.3 is 5.32 Å². The Morgan fingerprint density at radius 2 is 1.42 bits per heavy atom. The first kappa shape index (κ1) is 14.1. The van der Waals surface area contributed by atoms with E-state index in [2.05, 4.69) is 21.2 Å². The van der Waals surface area contributed by atoms with Crippen LogP contribution in [0.3, 0.4) is 0 Å². The Morgan fingerprint density at radius 1 is 0.842 bits per heavy atom. The van der Waals surface area contributed by atoms with Gasteiger partial charge in [0, 0.05) is 28.7 Å². The highest BCUT2D eigenvalue weighted by Crippen LogP contribution is 2.16. The summed E-state index contributed by atoms with van der Waals surface area (Å²) in [6.45, 7) is 0.372. The summed E-state index contributed by atoms with van der Waals surface area (Å²) in [4.78, 5) is 0. The summed E-state index contributed by atoms with van der Waals surface area (Å²) in [5, 5.41) is 2.89. The van der Waals surface area contributed by atoms with E-state index in [9.17, 15) is 13.2 Å². The Morgan fingerprint density at radius 3 is 2.11 bits per heavy atom. The molecule has 0 spiro atoms. The van der Waals surface area contributed by atoms with Gasteiger partial charge in [0.25, 0.3) is 0 Å². The van der Waals surface area contributed by atoms with Crippen molar-refractivity contribution in [3.63, 3.8) is 0 Å². The molecule has 0 saturated carbocycles. The lowest BCUT2D eigenvalue weighted by molar-refractivity contribution is 0.558. The summed E-state index contributed by atoms with van der Waals surface area (Å²) in [7, 11) is 0. The Kier molecular flexibility index (Phi) is 4.61. The lowest BCUT2D eigenvalue weighted by Gasteiger charge is -2.07. The fourth-order valence-electron chi connectivity index (χ4n) is 1.69. The lowest BCUT2D eigenvalue weighted by atomic mass is 10.2. The third-order valence-electron chi connectivity index (χ3n) is 2.65. The number of nitrogens with one attached hydrogen (secondary N) is 1. The molecule has 0 unspecified atom stereocenters. The Hall–Kier alpha value is -1.33. The highest BCUT2D eigenvalue weighted by atomic mass is 79.9. The van der Waals surface area contributed by atoms with Crippen molar-refractivity contribution in [2.24, 2.45) is 0 Å². The molecular formula is C14H11BrF3N. The Labute approximate surface area is 117 Å². The molecule has 19 heavy (non-hydrogen) atoms. The molecule has 0 amide bonds. The molecule has 1 N–H and O–H groups in total. The number of benzene rings is 2. The fourth-order valence-corrected chi connectivity index (χ4v) is 2.10. The number of hydrogen-bond acceptors (Lipinski definition) is 1. The average Bonchev–Trinajstić information content (AvgIpc) is 2.38. The van der Waals surface area contributed by atoms with Crippen LogP contribution in [0.5, 0.6) is 0 Å². The van der Waals surface area contributed by atoms with E-state index in [0.29, 0.717) is 5.56 Å². The van der Waals surface area contributed by atoms with E-state index in [4.69, 9.17) is 0 Å². The predicted octanol–water partition coefficient (Wildman–Crippen LogP) is 4.16. The van der Waals surface area contributed by atoms with Gasteiger partial charge in [-0.05, 0) is 36.4 Å². The zero-order chi connectivity index (χ0) is 13.8. The van der Waals surface area contributed by atoms with Crippen molar-refractivity contribution >= 4 is 15.9 Å². The first-order chi connectivity index (χ1) is 9.06. The van der Waals surface area contributed by atoms with E-state index in [1.165, 1.54) is 6.07 Å². The van der Waals surface area contributed by atoms with Gasteiger partial charge in [0.15, 0.2) is 0 Å². The fraction of sp³-hybridized carbons (Fsp3) is 0.143. The SMILES string of the molecule is Fc1ccc(F)c(CNCc2cc(Br)ccc2F)c1. The Bertz CT molecular complexity index is 535. The molecule has 0 aliphatic rings. The smallest absolute Gasteiger partial charge is 0.127 e. The van der Waals surface area contributed by atoms with Crippen LogP contribution in [-0.2, 0) is 13.1 Å². The van der Waals surface area contributed by atoms with Crippen LogP contribution in [0.1, 0.15) is 11.1 Å². The zero-order valence-electron chi connectivity index (χ0n) is 9.89. The summed E-state index contributed by atoms with van der Waals surface area (Å²) in [6, 6.07) is 7.86. The molecule has 2 aromatic carbocycles. The van der Waals surface area contributed by atoms with Gasteiger partial charge in [0.05, 0.1) is 0 Å². The third-order valence-corrected chi connectivity index (χ3v) is 3.14. The van der Waals surface area contributed by atoms with Crippen molar-refractivity contribution < 1.29 is 13.2 Å². The van der Waals surface area contributed by atoms with Crippen LogP contribution < -0.4 is 5.32 Å². The molecule has 100 valence electrons. The zero-order valence-corrected chi connectivity index (χ0v) is 11.5. The van der Waals surface area contributed by atoms with E-state index < -0.39 is 11.6 Å². The highest BCUT2D eigenvalue weighted by molar-refractivity contribution is 9.10. The van der Waals surface area contributed by atoms with E-state index in [-0.39, 0.29) is 24.5 Å². The quantitative estimate of drug-likeness (QED) is 0.888. The molecule has 2 aromatic rings. The van der Waals surface area contributed by atoms with Crippen LogP contribution in [-0.4, -0.2) is 0 Å². The van der Waals surface area contributed by atoms with Crippen LogP contribution >= 0.6 is 15.9 Å². The topological polar surface area (TPSA) is 12.0 Å². The normalized spacial score (nSPS) is 10.7. The maximum absolute atomic E-state index is 13.4. The third kappa shape index (κ3) is 3.81. The Balaban J connectivity index is 2.00. The van der Waals surface area contributed by atoms with E-state index >= 15 is 0 Å². The number of hydrogen-bond donors (Lipinski definition) is 1. The number of halogens is 4. The molecule has 0 aromatic heterocycles. The molecule has 5 heteroatoms. The molecule has 0 fully saturated rings. The van der Waals surface area contributed by atoms with Gasteiger partial charge in [-0.2, -0.15) is 0 Å². The largest absolute Gasteiger partial charge is 0.308 e. The second-order valence-electron chi connectivity index (χ2n) is 4.08. The van der Waals surface area contributed by atoms with Gasteiger partial charge in [-0.25, -0.2) is 13.2 Å². The molecule has 2 rings (SSSR count). The molecular weight excluding hydrogens is 319 g/mol. The minimum absolute atomic E-state index is 0.134. The van der Waals surface area contributed by atoms with E-state index in [0.717, 1.165) is 22.7 Å². The van der Waals surface area contributed by atoms with Crippen LogP contribution in [0.25, 0.3) is 0 Å². The number of rotatable bonds is 4. The van der Waals surface area contributed by atoms with Crippen molar-refractivity contribution in [3.8, 4) is 0 Å². The summed E-state index contributed by atoms with van der Waals surface area (Å²) >= 11 is 3.25. The molecule has 0 saturated heterocycles. The van der Waals surface area contributed by atoms with Gasteiger partial charge in [0.2, 0.25) is 0 Å². The minimum Gasteiger partial charge on any atom is -0.308 e. The van der Waals surface area contributed by atoms with E-state index in [1.807, 2.05) is 0 Å². The minimum atomic E-state index is -0.494. The van der Waals surface area contributed by atoms with Gasteiger partial charge >= 0.3 is 0 Å². The first-order valence-corrected chi connectivity index (χ1v) is 6.44. The maximum Gasteiger partial charge on any atom is 0.127 e. The maximum atomic E-state index is 13.4. The summed E-state index contributed by atoms with van der Waals surface area (Å²) in [5.41, 5.74) is 0.682. The van der Waals surface area contributed by atoms with Crippen molar-refractivity contribution in [3.05, 3.63) is 69.4 Å². The summed E-state index contributed by atoms with van der Waals surface area (Å²) in [6.07, 6.45) is 0. The summed E-state index contributed by atoms with van der Waals surface area (Å²) < 4.78 is 40.5. The van der Waals surface area contributed by atoms with Crippen LogP contribution in [0, 0.1) is 17.5 Å². The van der Waals surface area contributed by atoms with Crippen molar-refractivity contribution in [1.82, 2.24) is 5.32 Å². The summed E-state index contributed by atoms with van der Waals surface area (Å²) in [5.74, 6) is -1.31. The molecule has 0 bridgehead atoms. The first-order valence-electron chi connectivity index (χ1n) is 5.65. The molecule has 0 aliphatic carbocycles. The van der Waals surface area contributed by atoms with Crippen molar-refractivity contribution in [2.75, 3.05) is 0 Å². The molecule has 0 atom stereocenters. The molecule has 0 aliphatic heterocycles. The van der Waals surface area contributed by atoms with Crippen LogP contribution in [0.2, 0.25) is 0 Å². The standard InChI is InChI=1S/C14H11BrF3N/c15-11-1-3-13(17)9(5-11)7-19-8-10-6-12(16)2-4-14(10)18/h1-6,19H,7-8H2. The average molecular weight is 330 g/mol. The highest BCUT2D eigenvalue weighted by Gasteiger charge is 2.05. The monoisotopic (exact) mass is 329 g/mol. The van der Waals surface area contributed by atoms with Crippen LogP contribution in [0.4, 0.5) is 13.2 Å². The second kappa shape index (κ2) is 6.21. The van der Waals surface area contributed by atoms with Crippen LogP contribution in [0.15, 0.2) is 40.9 Å².